The summed E-state index contributed by atoms with van der Waals surface area (Å²) in [5.41, 5.74) is 2.06. The molecule has 2 rings (SSSR count). The fraction of sp³-hybridized carbons (Fsp3) is 0.625. The molecule has 1 spiro atoms. The molecule has 0 bridgehead atoms. The summed E-state index contributed by atoms with van der Waals surface area (Å²) in [6.07, 6.45) is 15.3. The van der Waals surface area contributed by atoms with E-state index in [1.165, 1.54) is 32.4 Å². The van der Waals surface area contributed by atoms with Crippen LogP contribution in [-0.2, 0) is 0 Å². The van der Waals surface area contributed by atoms with E-state index in [9.17, 15) is 0 Å². The first kappa shape index (κ1) is 12.6. The molecule has 1 nitrogen and oxygen atoms in total. The van der Waals surface area contributed by atoms with Crippen LogP contribution in [0.15, 0.2) is 36.0 Å². The van der Waals surface area contributed by atoms with E-state index >= 15 is 0 Å². The van der Waals surface area contributed by atoms with Crippen LogP contribution >= 0.6 is 0 Å². The standard InChI is InChI=1S/C16H25N/c1-4-5-6-7-15-13-16(12-14(15)2)8-10-17(3)11-9-16/h4-7,13-14H,8-12H2,1-3H3/b5-4-,7-6-. The second-order valence-corrected chi connectivity index (χ2v) is 5.80. The SMILES string of the molecule is C/C=C\C=C/C1=CC2(CCN(C)CC2)CC1C. The zero-order valence-corrected chi connectivity index (χ0v) is 11.4. The number of nitrogens with zero attached hydrogens (tertiary/aromatic N) is 1. The summed E-state index contributed by atoms with van der Waals surface area (Å²) in [7, 11) is 2.24. The van der Waals surface area contributed by atoms with Crippen molar-refractivity contribution in [1.82, 2.24) is 4.90 Å². The van der Waals surface area contributed by atoms with Gasteiger partial charge >= 0.3 is 0 Å². The first-order valence-electron chi connectivity index (χ1n) is 6.86. The van der Waals surface area contributed by atoms with Gasteiger partial charge in [-0.2, -0.15) is 0 Å². The van der Waals surface area contributed by atoms with Crippen molar-refractivity contribution >= 4 is 0 Å². The van der Waals surface area contributed by atoms with E-state index in [0.717, 1.165) is 5.92 Å². The maximum atomic E-state index is 2.57. The van der Waals surface area contributed by atoms with E-state index in [0.29, 0.717) is 5.41 Å². The minimum Gasteiger partial charge on any atom is -0.306 e. The van der Waals surface area contributed by atoms with Crippen molar-refractivity contribution in [1.29, 1.82) is 0 Å². The lowest BCUT2D eigenvalue weighted by Gasteiger charge is -2.37. The lowest BCUT2D eigenvalue weighted by Crippen LogP contribution is -2.36. The second kappa shape index (κ2) is 5.22. The third-order valence-electron chi connectivity index (χ3n) is 4.33. The predicted molar refractivity (Wildman–Crippen MR) is 75.0 cm³/mol. The summed E-state index contributed by atoms with van der Waals surface area (Å²) >= 11 is 0. The van der Waals surface area contributed by atoms with Crippen LogP contribution in [0.25, 0.3) is 0 Å². The molecule has 1 fully saturated rings. The number of likely N-dealkylation sites (tertiary alicyclic amines) is 1. The Kier molecular flexibility index (Phi) is 3.88. The van der Waals surface area contributed by atoms with E-state index in [1.807, 2.05) is 0 Å². The molecular formula is C16H25N. The lowest BCUT2D eigenvalue weighted by atomic mass is 9.77. The van der Waals surface area contributed by atoms with Gasteiger partial charge in [0.25, 0.3) is 0 Å². The normalized spacial score (nSPS) is 29.6. The zero-order valence-electron chi connectivity index (χ0n) is 11.4. The average molecular weight is 231 g/mol. The van der Waals surface area contributed by atoms with Gasteiger partial charge in [-0.05, 0) is 63.2 Å². The second-order valence-electron chi connectivity index (χ2n) is 5.80. The Morgan fingerprint density at radius 3 is 2.65 bits per heavy atom. The highest BCUT2D eigenvalue weighted by atomic mass is 15.1. The summed E-state index contributed by atoms with van der Waals surface area (Å²) in [6, 6.07) is 0. The van der Waals surface area contributed by atoms with Crippen LogP contribution in [-0.4, -0.2) is 25.0 Å². The topological polar surface area (TPSA) is 3.24 Å². The highest BCUT2D eigenvalue weighted by Gasteiger charge is 2.38. The summed E-state index contributed by atoms with van der Waals surface area (Å²) in [4.78, 5) is 2.46. The fourth-order valence-corrected chi connectivity index (χ4v) is 3.18. The number of allylic oxidation sites excluding steroid dienone is 6. The van der Waals surface area contributed by atoms with Crippen LogP contribution in [0.2, 0.25) is 0 Å². The first-order valence-corrected chi connectivity index (χ1v) is 6.86. The van der Waals surface area contributed by atoms with Crippen molar-refractivity contribution in [3.63, 3.8) is 0 Å². The molecule has 94 valence electrons. The van der Waals surface area contributed by atoms with Gasteiger partial charge in [0.1, 0.15) is 0 Å². The molecule has 1 heterocycles. The van der Waals surface area contributed by atoms with Gasteiger partial charge in [0.15, 0.2) is 0 Å². The molecule has 1 aliphatic carbocycles. The molecule has 17 heavy (non-hydrogen) atoms. The van der Waals surface area contributed by atoms with Crippen molar-refractivity contribution in [2.24, 2.45) is 11.3 Å². The highest BCUT2D eigenvalue weighted by Crippen LogP contribution is 2.47. The largest absolute Gasteiger partial charge is 0.306 e. The number of hydrogen-bond acceptors (Lipinski definition) is 1. The molecule has 0 N–H and O–H groups in total. The number of rotatable bonds is 2. The monoisotopic (exact) mass is 231 g/mol. The molecule has 0 radical (unpaired) electrons. The van der Waals surface area contributed by atoms with Gasteiger partial charge in [-0.25, -0.2) is 0 Å². The van der Waals surface area contributed by atoms with E-state index < -0.39 is 0 Å². The van der Waals surface area contributed by atoms with E-state index in [4.69, 9.17) is 0 Å². The molecule has 2 aliphatic rings. The van der Waals surface area contributed by atoms with Crippen molar-refractivity contribution in [2.45, 2.75) is 33.1 Å². The lowest BCUT2D eigenvalue weighted by molar-refractivity contribution is 0.156. The summed E-state index contributed by atoms with van der Waals surface area (Å²) < 4.78 is 0. The Hall–Kier alpha value is -0.820. The summed E-state index contributed by atoms with van der Waals surface area (Å²) in [5, 5.41) is 0. The molecule has 0 amide bonds. The smallest absolute Gasteiger partial charge is 0.00135 e. The first-order chi connectivity index (χ1) is 8.15. The van der Waals surface area contributed by atoms with Crippen molar-refractivity contribution < 1.29 is 0 Å². The Balaban J connectivity index is 2.07. The molecule has 0 aromatic rings. The van der Waals surface area contributed by atoms with E-state index in [-0.39, 0.29) is 0 Å². The molecule has 1 atom stereocenters. The summed E-state index contributed by atoms with van der Waals surface area (Å²) in [6.45, 7) is 6.96. The minimum atomic E-state index is 0.515. The Morgan fingerprint density at radius 1 is 1.29 bits per heavy atom. The molecule has 1 saturated heterocycles. The Labute approximate surface area is 106 Å². The minimum absolute atomic E-state index is 0.515. The van der Waals surface area contributed by atoms with Gasteiger partial charge in [-0.3, -0.25) is 0 Å². The van der Waals surface area contributed by atoms with E-state index in [2.05, 4.69) is 56.2 Å². The van der Waals surface area contributed by atoms with Gasteiger partial charge in [-0.15, -0.1) is 0 Å². The van der Waals surface area contributed by atoms with Crippen LogP contribution in [0, 0.1) is 11.3 Å². The van der Waals surface area contributed by atoms with Crippen LogP contribution < -0.4 is 0 Å². The maximum absolute atomic E-state index is 2.57. The molecule has 0 saturated carbocycles. The fourth-order valence-electron chi connectivity index (χ4n) is 3.18. The van der Waals surface area contributed by atoms with Gasteiger partial charge in [0.05, 0.1) is 0 Å². The van der Waals surface area contributed by atoms with Gasteiger partial charge in [0, 0.05) is 0 Å². The quantitative estimate of drug-likeness (QED) is 0.653. The maximum Gasteiger partial charge on any atom is -0.00135 e. The predicted octanol–water partition coefficient (Wildman–Crippen LogP) is 3.80. The van der Waals surface area contributed by atoms with Crippen LogP contribution in [0.5, 0.6) is 0 Å². The Bertz CT molecular complexity index is 341. The number of piperidine rings is 1. The molecule has 0 aromatic heterocycles. The molecule has 1 unspecified atom stereocenters. The number of hydrogen-bond donors (Lipinski definition) is 0. The molecule has 1 heteroatoms. The van der Waals surface area contributed by atoms with Crippen molar-refractivity contribution in [3.05, 3.63) is 36.0 Å². The average Bonchev–Trinajstić information content (AvgIpc) is 2.61. The Morgan fingerprint density at radius 2 is 2.00 bits per heavy atom. The molecular weight excluding hydrogens is 206 g/mol. The summed E-state index contributed by atoms with van der Waals surface area (Å²) in [5.74, 6) is 0.736. The molecule has 1 aliphatic heterocycles. The third kappa shape index (κ3) is 2.90. The van der Waals surface area contributed by atoms with Gasteiger partial charge in [0.2, 0.25) is 0 Å². The van der Waals surface area contributed by atoms with E-state index in [1.54, 1.807) is 5.57 Å². The van der Waals surface area contributed by atoms with Crippen molar-refractivity contribution in [3.8, 4) is 0 Å². The third-order valence-corrected chi connectivity index (χ3v) is 4.33. The highest BCUT2D eigenvalue weighted by molar-refractivity contribution is 5.31. The molecule has 0 aromatic carbocycles. The van der Waals surface area contributed by atoms with Crippen LogP contribution in [0.4, 0.5) is 0 Å². The van der Waals surface area contributed by atoms with Crippen molar-refractivity contribution in [2.75, 3.05) is 20.1 Å². The van der Waals surface area contributed by atoms with Crippen LogP contribution in [0.1, 0.15) is 33.1 Å². The zero-order chi connectivity index (χ0) is 12.3. The van der Waals surface area contributed by atoms with Gasteiger partial charge in [-0.1, -0.05) is 37.3 Å². The van der Waals surface area contributed by atoms with Gasteiger partial charge < -0.3 is 4.90 Å². The van der Waals surface area contributed by atoms with Crippen LogP contribution in [0.3, 0.4) is 0 Å².